The molecule has 0 aromatic carbocycles. The van der Waals surface area contributed by atoms with Crippen LogP contribution in [-0.2, 0) is 16.0 Å². The molecule has 0 atom stereocenters. The molecule has 0 aliphatic rings. The van der Waals surface area contributed by atoms with E-state index in [1.54, 1.807) is 0 Å². The first-order chi connectivity index (χ1) is 7.76. The summed E-state index contributed by atoms with van der Waals surface area (Å²) in [6.45, 7) is 6.53. The van der Waals surface area contributed by atoms with Crippen LogP contribution in [0.3, 0.4) is 0 Å². The second-order valence-corrected chi connectivity index (χ2v) is 3.96. The Morgan fingerprint density at radius 1 is 1.31 bits per heavy atom. The smallest absolute Gasteiger partial charge is 0.169 e. The molecule has 1 heterocycles. The van der Waals surface area contributed by atoms with Crippen molar-refractivity contribution in [1.29, 1.82) is 0 Å². The van der Waals surface area contributed by atoms with Crippen molar-refractivity contribution >= 4 is 15.9 Å². The Balaban J connectivity index is 2.21. The third-order valence-electron chi connectivity index (χ3n) is 1.94. The van der Waals surface area contributed by atoms with E-state index in [1.807, 2.05) is 26.0 Å². The van der Waals surface area contributed by atoms with Crippen LogP contribution in [0.2, 0.25) is 0 Å². The SMILES string of the molecule is CCOC(CNCc1ccc(Br)o1)OCC. The summed E-state index contributed by atoms with van der Waals surface area (Å²) in [5.41, 5.74) is 0. The number of nitrogens with one attached hydrogen (secondary N) is 1. The van der Waals surface area contributed by atoms with E-state index in [0.717, 1.165) is 10.4 Å². The average Bonchev–Trinajstić information content (AvgIpc) is 2.65. The van der Waals surface area contributed by atoms with Gasteiger partial charge in [0, 0.05) is 19.8 Å². The first-order valence-electron chi connectivity index (χ1n) is 5.44. The molecule has 1 aromatic heterocycles. The fraction of sp³-hybridized carbons (Fsp3) is 0.636. The van der Waals surface area contributed by atoms with Crippen LogP contribution in [0.15, 0.2) is 21.2 Å². The zero-order valence-electron chi connectivity index (χ0n) is 9.66. The molecule has 1 N–H and O–H groups in total. The minimum Gasteiger partial charge on any atom is -0.453 e. The Bertz CT molecular complexity index is 285. The van der Waals surface area contributed by atoms with Crippen LogP contribution < -0.4 is 5.32 Å². The monoisotopic (exact) mass is 291 g/mol. The van der Waals surface area contributed by atoms with Gasteiger partial charge in [-0.2, -0.15) is 0 Å². The van der Waals surface area contributed by atoms with Gasteiger partial charge >= 0.3 is 0 Å². The van der Waals surface area contributed by atoms with Gasteiger partial charge in [0.1, 0.15) is 5.76 Å². The average molecular weight is 292 g/mol. The van der Waals surface area contributed by atoms with Gasteiger partial charge in [-0.15, -0.1) is 0 Å². The highest BCUT2D eigenvalue weighted by atomic mass is 79.9. The molecule has 1 rings (SSSR count). The molecule has 4 nitrogen and oxygen atoms in total. The lowest BCUT2D eigenvalue weighted by molar-refractivity contribution is -0.133. The molecule has 0 fully saturated rings. The second kappa shape index (κ2) is 7.84. The highest BCUT2D eigenvalue weighted by molar-refractivity contribution is 9.10. The first kappa shape index (κ1) is 13.7. The van der Waals surface area contributed by atoms with E-state index in [4.69, 9.17) is 13.9 Å². The summed E-state index contributed by atoms with van der Waals surface area (Å²) in [7, 11) is 0. The van der Waals surface area contributed by atoms with Gasteiger partial charge in [-0.1, -0.05) is 0 Å². The molecule has 0 amide bonds. The van der Waals surface area contributed by atoms with E-state index in [-0.39, 0.29) is 6.29 Å². The van der Waals surface area contributed by atoms with Gasteiger partial charge in [0.25, 0.3) is 0 Å². The van der Waals surface area contributed by atoms with Crippen LogP contribution in [0.25, 0.3) is 0 Å². The lowest BCUT2D eigenvalue weighted by Crippen LogP contribution is -2.31. The van der Waals surface area contributed by atoms with Crippen LogP contribution >= 0.6 is 15.9 Å². The Kier molecular flexibility index (Phi) is 6.71. The zero-order chi connectivity index (χ0) is 11.8. The number of halogens is 1. The molecule has 0 spiro atoms. The van der Waals surface area contributed by atoms with Crippen molar-refractivity contribution in [2.24, 2.45) is 0 Å². The summed E-state index contributed by atoms with van der Waals surface area (Å²) in [5.74, 6) is 0.888. The third-order valence-corrected chi connectivity index (χ3v) is 2.37. The molecule has 0 bridgehead atoms. The summed E-state index contributed by atoms with van der Waals surface area (Å²) in [5, 5.41) is 3.22. The molecule has 0 radical (unpaired) electrons. The van der Waals surface area contributed by atoms with Crippen LogP contribution in [0.1, 0.15) is 19.6 Å². The van der Waals surface area contributed by atoms with Gasteiger partial charge in [0.15, 0.2) is 11.0 Å². The highest BCUT2D eigenvalue weighted by Crippen LogP contribution is 2.13. The van der Waals surface area contributed by atoms with E-state index in [1.165, 1.54) is 0 Å². The zero-order valence-corrected chi connectivity index (χ0v) is 11.2. The molecule has 5 heteroatoms. The molecule has 0 unspecified atom stereocenters. The van der Waals surface area contributed by atoms with Crippen molar-refractivity contribution in [3.63, 3.8) is 0 Å². The second-order valence-electron chi connectivity index (χ2n) is 3.18. The molecule has 92 valence electrons. The number of rotatable bonds is 8. The van der Waals surface area contributed by atoms with E-state index >= 15 is 0 Å². The predicted octanol–water partition coefficient (Wildman–Crippen LogP) is 2.53. The minimum absolute atomic E-state index is 0.187. The fourth-order valence-electron chi connectivity index (χ4n) is 1.30. The van der Waals surface area contributed by atoms with Crippen molar-refractivity contribution in [3.8, 4) is 0 Å². The van der Waals surface area contributed by atoms with Crippen LogP contribution in [0, 0.1) is 0 Å². The quantitative estimate of drug-likeness (QED) is 0.748. The van der Waals surface area contributed by atoms with E-state index < -0.39 is 0 Å². The largest absolute Gasteiger partial charge is 0.453 e. The van der Waals surface area contributed by atoms with Gasteiger partial charge in [-0.05, 0) is 41.9 Å². The fourth-order valence-corrected chi connectivity index (χ4v) is 1.64. The summed E-state index contributed by atoms with van der Waals surface area (Å²) in [4.78, 5) is 0. The lowest BCUT2D eigenvalue weighted by Gasteiger charge is -2.16. The van der Waals surface area contributed by atoms with Gasteiger partial charge in [0.2, 0.25) is 0 Å². The van der Waals surface area contributed by atoms with Gasteiger partial charge < -0.3 is 19.2 Å². The maximum absolute atomic E-state index is 5.40. The molecule has 0 aliphatic carbocycles. The summed E-state index contributed by atoms with van der Waals surface area (Å²) in [6.07, 6.45) is -0.187. The molecular formula is C11H18BrNO3. The maximum Gasteiger partial charge on any atom is 0.169 e. The van der Waals surface area contributed by atoms with Gasteiger partial charge in [-0.3, -0.25) is 0 Å². The van der Waals surface area contributed by atoms with Crippen LogP contribution in [-0.4, -0.2) is 26.0 Å². The maximum atomic E-state index is 5.40. The topological polar surface area (TPSA) is 43.6 Å². The number of hydrogen-bond donors (Lipinski definition) is 1. The number of furan rings is 1. The number of ether oxygens (including phenoxy) is 2. The first-order valence-corrected chi connectivity index (χ1v) is 6.23. The summed E-state index contributed by atoms with van der Waals surface area (Å²) in [6, 6.07) is 3.80. The van der Waals surface area contributed by atoms with Gasteiger partial charge in [-0.25, -0.2) is 0 Å². The summed E-state index contributed by atoms with van der Waals surface area (Å²) < 4.78 is 16.9. The Hall–Kier alpha value is -0.360. The van der Waals surface area contributed by atoms with Crippen molar-refractivity contribution in [2.75, 3.05) is 19.8 Å². The molecule has 16 heavy (non-hydrogen) atoms. The molecule has 1 aromatic rings. The highest BCUT2D eigenvalue weighted by Gasteiger charge is 2.07. The Labute approximate surface area is 104 Å². The minimum atomic E-state index is -0.187. The molecular weight excluding hydrogens is 274 g/mol. The molecule has 0 aliphatic heterocycles. The normalized spacial score (nSPS) is 11.2. The van der Waals surface area contributed by atoms with E-state index in [2.05, 4.69) is 21.2 Å². The van der Waals surface area contributed by atoms with Crippen molar-refractivity contribution in [3.05, 3.63) is 22.6 Å². The van der Waals surface area contributed by atoms with Gasteiger partial charge in [0.05, 0.1) is 6.54 Å². The molecule has 0 saturated heterocycles. The Morgan fingerprint density at radius 2 is 2.00 bits per heavy atom. The van der Waals surface area contributed by atoms with Crippen LogP contribution in [0.4, 0.5) is 0 Å². The predicted molar refractivity (Wildman–Crippen MR) is 65.2 cm³/mol. The Morgan fingerprint density at radius 3 is 2.50 bits per heavy atom. The van der Waals surface area contributed by atoms with Crippen molar-refractivity contribution in [2.45, 2.75) is 26.7 Å². The van der Waals surface area contributed by atoms with E-state index in [9.17, 15) is 0 Å². The standard InChI is InChI=1S/C11H18BrNO3/c1-3-14-11(15-4-2)8-13-7-9-5-6-10(12)16-9/h5-6,11,13H,3-4,7-8H2,1-2H3. The number of hydrogen-bond acceptors (Lipinski definition) is 4. The summed E-state index contributed by atoms with van der Waals surface area (Å²) >= 11 is 3.26. The van der Waals surface area contributed by atoms with E-state index in [0.29, 0.717) is 26.3 Å². The van der Waals surface area contributed by atoms with Crippen molar-refractivity contribution < 1.29 is 13.9 Å². The third kappa shape index (κ3) is 5.12. The molecule has 0 saturated carbocycles. The van der Waals surface area contributed by atoms with Crippen LogP contribution in [0.5, 0.6) is 0 Å². The lowest BCUT2D eigenvalue weighted by atomic mass is 10.4. The van der Waals surface area contributed by atoms with Crippen molar-refractivity contribution in [1.82, 2.24) is 5.32 Å².